The summed E-state index contributed by atoms with van der Waals surface area (Å²) in [7, 11) is -2.29. The predicted octanol–water partition coefficient (Wildman–Crippen LogP) is 2.09. The van der Waals surface area contributed by atoms with E-state index in [2.05, 4.69) is 10.3 Å². The van der Waals surface area contributed by atoms with Crippen LogP contribution in [0.5, 0.6) is 5.75 Å². The van der Waals surface area contributed by atoms with Gasteiger partial charge < -0.3 is 14.8 Å². The van der Waals surface area contributed by atoms with Gasteiger partial charge in [0, 0.05) is 13.1 Å². The Kier molecular flexibility index (Phi) is 6.55. The number of nitrogens with zero attached hydrogens (tertiary/aromatic N) is 2. The van der Waals surface area contributed by atoms with Gasteiger partial charge in [0.1, 0.15) is 5.75 Å². The Labute approximate surface area is 168 Å². The fourth-order valence-electron chi connectivity index (χ4n) is 2.73. The molecule has 0 radical (unpaired) electrons. The first-order chi connectivity index (χ1) is 13.5. The van der Waals surface area contributed by atoms with E-state index in [1.165, 1.54) is 41.4 Å². The zero-order chi connectivity index (χ0) is 20.1. The van der Waals surface area contributed by atoms with Crippen LogP contribution >= 0.6 is 11.8 Å². The van der Waals surface area contributed by atoms with Crippen LogP contribution in [0.25, 0.3) is 0 Å². The summed E-state index contributed by atoms with van der Waals surface area (Å²) in [5, 5.41) is 3.55. The summed E-state index contributed by atoms with van der Waals surface area (Å²) in [4.78, 5) is 17.0. The lowest BCUT2D eigenvalue weighted by Crippen LogP contribution is -2.40. The van der Waals surface area contributed by atoms with E-state index in [1.807, 2.05) is 6.26 Å². The number of aromatic nitrogens is 1. The Morgan fingerprint density at radius 3 is 2.61 bits per heavy atom. The van der Waals surface area contributed by atoms with Crippen LogP contribution in [0.3, 0.4) is 0 Å². The van der Waals surface area contributed by atoms with Gasteiger partial charge in [0.2, 0.25) is 10.0 Å². The van der Waals surface area contributed by atoms with Gasteiger partial charge >= 0.3 is 0 Å². The third-order valence-corrected chi connectivity index (χ3v) is 6.78. The Morgan fingerprint density at radius 1 is 1.25 bits per heavy atom. The SMILES string of the molecule is COc1ccc(S(=O)(=O)N2CCOCC2)cc1C(=O)Nc1ccc(SC)nc1. The third kappa shape index (κ3) is 4.46. The molecule has 1 aliphatic rings. The number of morpholine rings is 1. The highest BCUT2D eigenvalue weighted by atomic mass is 32.2. The van der Waals surface area contributed by atoms with Gasteiger partial charge in [-0.1, -0.05) is 0 Å². The molecule has 1 amide bonds. The van der Waals surface area contributed by atoms with Crippen LogP contribution in [0.4, 0.5) is 5.69 Å². The molecule has 28 heavy (non-hydrogen) atoms. The Balaban J connectivity index is 1.88. The fourth-order valence-corrected chi connectivity index (χ4v) is 4.53. The smallest absolute Gasteiger partial charge is 0.259 e. The number of rotatable bonds is 6. The molecule has 0 atom stereocenters. The van der Waals surface area contributed by atoms with Gasteiger partial charge in [0.15, 0.2) is 0 Å². The highest BCUT2D eigenvalue weighted by molar-refractivity contribution is 7.98. The van der Waals surface area contributed by atoms with Crippen LogP contribution in [-0.4, -0.2) is 63.3 Å². The average molecular weight is 424 g/mol. The van der Waals surface area contributed by atoms with E-state index in [-0.39, 0.29) is 29.3 Å². The second-order valence-electron chi connectivity index (χ2n) is 5.92. The number of hydrogen-bond donors (Lipinski definition) is 1. The van der Waals surface area contributed by atoms with Crippen molar-refractivity contribution in [1.29, 1.82) is 0 Å². The van der Waals surface area contributed by atoms with Gasteiger partial charge in [-0.25, -0.2) is 13.4 Å². The maximum Gasteiger partial charge on any atom is 0.259 e. The standard InChI is InChI=1S/C18H21N3O5S2/c1-25-16-5-4-14(28(23,24)21-7-9-26-10-8-21)11-15(16)18(22)20-13-3-6-17(27-2)19-12-13/h3-6,11-12H,7-10H2,1-2H3,(H,20,22). The molecule has 0 unspecified atom stereocenters. The minimum Gasteiger partial charge on any atom is -0.496 e. The van der Waals surface area contributed by atoms with Crippen molar-refractivity contribution in [2.75, 3.05) is 45.0 Å². The van der Waals surface area contributed by atoms with Crippen LogP contribution in [-0.2, 0) is 14.8 Å². The van der Waals surface area contributed by atoms with E-state index in [0.717, 1.165) is 5.03 Å². The minimum absolute atomic E-state index is 0.0382. The lowest BCUT2D eigenvalue weighted by molar-refractivity contribution is 0.0730. The van der Waals surface area contributed by atoms with E-state index in [4.69, 9.17) is 9.47 Å². The lowest BCUT2D eigenvalue weighted by Gasteiger charge is -2.26. The number of ether oxygens (including phenoxy) is 2. The number of pyridine rings is 1. The minimum atomic E-state index is -3.72. The molecular weight excluding hydrogens is 402 g/mol. The Hall–Kier alpha value is -2.14. The number of carbonyl (C=O) groups excluding carboxylic acids is 1. The van der Waals surface area contributed by atoms with Crippen molar-refractivity contribution in [2.45, 2.75) is 9.92 Å². The summed E-state index contributed by atoms with van der Waals surface area (Å²) >= 11 is 1.49. The molecule has 0 bridgehead atoms. The summed E-state index contributed by atoms with van der Waals surface area (Å²) in [5.74, 6) is -0.193. The maximum absolute atomic E-state index is 12.9. The number of nitrogens with one attached hydrogen (secondary N) is 1. The van der Waals surface area contributed by atoms with E-state index in [1.54, 1.807) is 18.3 Å². The molecule has 2 aromatic rings. The number of benzene rings is 1. The van der Waals surface area contributed by atoms with Crippen LogP contribution in [0.1, 0.15) is 10.4 Å². The van der Waals surface area contributed by atoms with Gasteiger partial charge in [0.05, 0.1) is 47.7 Å². The molecule has 2 heterocycles. The number of methoxy groups -OCH3 is 1. The molecule has 150 valence electrons. The molecule has 0 spiro atoms. The highest BCUT2D eigenvalue weighted by Gasteiger charge is 2.28. The van der Waals surface area contributed by atoms with Crippen molar-refractivity contribution in [1.82, 2.24) is 9.29 Å². The van der Waals surface area contributed by atoms with Gasteiger partial charge in [-0.15, -0.1) is 11.8 Å². The van der Waals surface area contributed by atoms with Crippen molar-refractivity contribution < 1.29 is 22.7 Å². The van der Waals surface area contributed by atoms with Gasteiger partial charge in [-0.3, -0.25) is 4.79 Å². The van der Waals surface area contributed by atoms with Crippen molar-refractivity contribution in [3.05, 3.63) is 42.1 Å². The van der Waals surface area contributed by atoms with Crippen molar-refractivity contribution >= 4 is 33.4 Å². The summed E-state index contributed by atoms with van der Waals surface area (Å²) in [5.41, 5.74) is 0.636. The Bertz CT molecular complexity index is 942. The molecule has 1 aliphatic heterocycles. The zero-order valence-corrected chi connectivity index (χ0v) is 17.2. The van der Waals surface area contributed by atoms with Crippen LogP contribution in [0.15, 0.2) is 46.5 Å². The topological polar surface area (TPSA) is 97.8 Å². The zero-order valence-electron chi connectivity index (χ0n) is 15.5. The van der Waals surface area contributed by atoms with Crippen molar-refractivity contribution in [3.63, 3.8) is 0 Å². The molecule has 1 aromatic heterocycles. The van der Waals surface area contributed by atoms with E-state index >= 15 is 0 Å². The van der Waals surface area contributed by atoms with Gasteiger partial charge in [-0.2, -0.15) is 4.31 Å². The summed E-state index contributed by atoms with van der Waals surface area (Å²) in [6, 6.07) is 7.78. The molecule has 3 rings (SSSR count). The van der Waals surface area contributed by atoms with Crippen LogP contribution < -0.4 is 10.1 Å². The first-order valence-electron chi connectivity index (χ1n) is 8.53. The summed E-state index contributed by atoms with van der Waals surface area (Å²) < 4.78 is 37.6. The lowest BCUT2D eigenvalue weighted by atomic mass is 10.2. The van der Waals surface area contributed by atoms with Crippen LogP contribution in [0, 0.1) is 0 Å². The first kappa shape index (κ1) is 20.6. The molecular formula is C18H21N3O5S2. The largest absolute Gasteiger partial charge is 0.496 e. The molecule has 8 nitrogen and oxygen atoms in total. The van der Waals surface area contributed by atoms with E-state index < -0.39 is 15.9 Å². The average Bonchev–Trinajstić information content (AvgIpc) is 2.74. The van der Waals surface area contributed by atoms with Gasteiger partial charge in [0.25, 0.3) is 5.91 Å². The first-order valence-corrected chi connectivity index (χ1v) is 11.2. The number of anilines is 1. The Morgan fingerprint density at radius 2 is 2.00 bits per heavy atom. The maximum atomic E-state index is 12.9. The fraction of sp³-hybridized carbons (Fsp3) is 0.333. The van der Waals surface area contributed by atoms with Crippen molar-refractivity contribution in [2.24, 2.45) is 0 Å². The third-order valence-electron chi connectivity index (χ3n) is 4.23. The second-order valence-corrected chi connectivity index (χ2v) is 8.69. The highest BCUT2D eigenvalue weighted by Crippen LogP contribution is 2.26. The molecule has 1 fully saturated rings. The quantitative estimate of drug-likeness (QED) is 0.711. The summed E-state index contributed by atoms with van der Waals surface area (Å²) in [6.07, 6.45) is 3.45. The molecule has 10 heteroatoms. The van der Waals surface area contributed by atoms with Crippen molar-refractivity contribution in [3.8, 4) is 5.75 Å². The van der Waals surface area contributed by atoms with E-state index in [0.29, 0.717) is 18.9 Å². The molecule has 0 aliphatic carbocycles. The molecule has 1 aromatic carbocycles. The molecule has 1 N–H and O–H groups in total. The number of sulfonamides is 1. The van der Waals surface area contributed by atoms with Crippen LogP contribution in [0.2, 0.25) is 0 Å². The van der Waals surface area contributed by atoms with E-state index in [9.17, 15) is 13.2 Å². The monoisotopic (exact) mass is 423 g/mol. The second kappa shape index (κ2) is 8.91. The number of thioether (sulfide) groups is 1. The number of amides is 1. The normalized spacial score (nSPS) is 15.2. The predicted molar refractivity (Wildman–Crippen MR) is 107 cm³/mol. The van der Waals surface area contributed by atoms with Gasteiger partial charge in [-0.05, 0) is 36.6 Å². The number of carbonyl (C=O) groups is 1. The number of hydrogen-bond acceptors (Lipinski definition) is 7. The molecule has 1 saturated heterocycles. The summed E-state index contributed by atoms with van der Waals surface area (Å²) in [6.45, 7) is 1.26. The molecule has 0 saturated carbocycles.